The molecule has 1 aliphatic rings. The van der Waals surface area contributed by atoms with Gasteiger partial charge in [0, 0.05) is 24.3 Å². The molecule has 0 spiro atoms. The molecule has 0 bridgehead atoms. The second-order valence-electron chi connectivity index (χ2n) is 7.53. The zero-order valence-electron chi connectivity index (χ0n) is 16.8. The fourth-order valence-corrected chi connectivity index (χ4v) is 3.38. The second-order valence-corrected chi connectivity index (χ2v) is 7.53. The summed E-state index contributed by atoms with van der Waals surface area (Å²) in [5.74, 6) is 0.453. The highest BCUT2D eigenvalue weighted by Crippen LogP contribution is 2.38. The third kappa shape index (κ3) is 4.11. The van der Waals surface area contributed by atoms with Gasteiger partial charge in [-0.15, -0.1) is 0 Å². The molecule has 0 amide bonds. The summed E-state index contributed by atoms with van der Waals surface area (Å²) in [7, 11) is 0. The Morgan fingerprint density at radius 3 is 2.75 bits per heavy atom. The van der Waals surface area contributed by atoms with Gasteiger partial charge in [0.05, 0.1) is 23.6 Å². The number of anilines is 1. The minimum Gasteiger partial charge on any atom is -0.365 e. The van der Waals surface area contributed by atoms with E-state index in [4.69, 9.17) is 4.98 Å². The van der Waals surface area contributed by atoms with Crippen LogP contribution in [0.15, 0.2) is 22.2 Å². The van der Waals surface area contributed by atoms with Crippen molar-refractivity contribution in [2.45, 2.75) is 45.3 Å². The molecule has 8 heteroatoms. The summed E-state index contributed by atoms with van der Waals surface area (Å²) in [6.07, 6.45) is 3.28. The first-order valence-electron chi connectivity index (χ1n) is 9.55. The fraction of sp³-hybridized carbons (Fsp3) is 0.500. The lowest BCUT2D eigenvalue weighted by molar-refractivity contribution is 0.137. The number of hydrogen-bond donors (Lipinski definition) is 2. The van der Waals surface area contributed by atoms with Gasteiger partial charge in [-0.05, 0) is 59.7 Å². The van der Waals surface area contributed by atoms with E-state index in [0.717, 1.165) is 24.2 Å². The van der Waals surface area contributed by atoms with E-state index in [0.29, 0.717) is 35.9 Å². The van der Waals surface area contributed by atoms with E-state index < -0.39 is 5.67 Å². The molecule has 1 fully saturated rings. The van der Waals surface area contributed by atoms with Crippen LogP contribution in [0.4, 0.5) is 21.6 Å². The van der Waals surface area contributed by atoms with Gasteiger partial charge in [-0.3, -0.25) is 14.7 Å². The summed E-state index contributed by atoms with van der Waals surface area (Å²) in [6, 6.07) is 2.05. The number of halogens is 1. The number of pyridine rings is 1. The normalized spacial score (nSPS) is 19.6. The molecule has 0 aliphatic carbocycles. The van der Waals surface area contributed by atoms with E-state index in [1.54, 1.807) is 0 Å². The largest absolute Gasteiger partial charge is 0.365 e. The first-order chi connectivity index (χ1) is 13.4. The molecule has 7 nitrogen and oxygen atoms in total. The van der Waals surface area contributed by atoms with Gasteiger partial charge in [-0.1, -0.05) is 0 Å². The number of alkyl halides is 1. The number of hydrogen-bond acceptors (Lipinski definition) is 6. The van der Waals surface area contributed by atoms with Crippen LogP contribution in [-0.4, -0.2) is 53.5 Å². The van der Waals surface area contributed by atoms with Crippen LogP contribution in [-0.2, 0) is 0 Å². The van der Waals surface area contributed by atoms with Crippen LogP contribution in [0.25, 0.3) is 11.3 Å². The lowest BCUT2D eigenvalue weighted by Gasteiger charge is -2.30. The molecule has 2 aromatic heterocycles. The lowest BCUT2D eigenvalue weighted by atomic mass is 9.96. The van der Waals surface area contributed by atoms with Crippen molar-refractivity contribution >= 4 is 30.6 Å². The van der Waals surface area contributed by atoms with Crippen LogP contribution in [0.2, 0.25) is 0 Å². The van der Waals surface area contributed by atoms with E-state index >= 15 is 4.39 Å². The number of nitrogens with one attached hydrogen (secondary N) is 2. The monoisotopic (exact) mass is 385 g/mol. The van der Waals surface area contributed by atoms with Crippen molar-refractivity contribution in [2.75, 3.05) is 25.0 Å². The van der Waals surface area contributed by atoms with Crippen molar-refractivity contribution in [3.05, 3.63) is 18.0 Å². The van der Waals surface area contributed by atoms with Gasteiger partial charge in [0.25, 0.3) is 0 Å². The van der Waals surface area contributed by atoms with Crippen LogP contribution >= 0.6 is 0 Å². The van der Waals surface area contributed by atoms with E-state index in [1.807, 2.05) is 23.9 Å². The predicted molar refractivity (Wildman–Crippen MR) is 113 cm³/mol. The molecule has 28 heavy (non-hydrogen) atoms. The average Bonchev–Trinajstić information content (AvgIpc) is 3.08. The van der Waals surface area contributed by atoms with Crippen LogP contribution in [0.3, 0.4) is 0 Å². The number of nitrogens with zero attached hydrogens (tertiary/aromatic N) is 5. The first-order valence-corrected chi connectivity index (χ1v) is 9.55. The maximum absolute atomic E-state index is 15.0. The van der Waals surface area contributed by atoms with Gasteiger partial charge in [0.2, 0.25) is 0 Å². The van der Waals surface area contributed by atoms with Crippen molar-refractivity contribution in [2.24, 2.45) is 9.98 Å². The molecule has 1 saturated heterocycles. The predicted octanol–water partition coefficient (Wildman–Crippen LogP) is 4.00. The Bertz CT molecular complexity index is 866. The summed E-state index contributed by atoms with van der Waals surface area (Å²) < 4.78 is 16.9. The summed E-state index contributed by atoms with van der Waals surface area (Å²) in [6.45, 7) is 14.6. The Kier molecular flexibility index (Phi) is 5.88. The topological polar surface area (TPSA) is 79.5 Å². The Labute approximate surface area is 165 Å². The lowest BCUT2D eigenvalue weighted by Crippen LogP contribution is -2.46. The Balaban J connectivity index is 1.98. The molecule has 0 radical (unpaired) electrons. The summed E-state index contributed by atoms with van der Waals surface area (Å²) in [5.41, 5.74) is 2.14. The van der Waals surface area contributed by atoms with Crippen molar-refractivity contribution in [1.29, 1.82) is 0 Å². The molecule has 3 rings (SSSR count). The van der Waals surface area contributed by atoms with Crippen molar-refractivity contribution < 1.29 is 4.39 Å². The SMILES string of the molecule is C=Nc1cc(-c2cn(C(C)C)nc2C)nc(NCC2(F)CCCNC2)c1N=C. The third-order valence-corrected chi connectivity index (χ3v) is 5.02. The Hall–Kier alpha value is -2.61. The number of rotatable bonds is 7. The summed E-state index contributed by atoms with van der Waals surface area (Å²) >= 11 is 0. The zero-order chi connectivity index (χ0) is 20.3. The van der Waals surface area contributed by atoms with E-state index in [2.05, 4.69) is 53.0 Å². The van der Waals surface area contributed by atoms with Gasteiger partial charge in [0.1, 0.15) is 11.4 Å². The molecule has 1 atom stereocenters. The van der Waals surface area contributed by atoms with E-state index in [-0.39, 0.29) is 12.6 Å². The maximum atomic E-state index is 15.0. The van der Waals surface area contributed by atoms with Gasteiger partial charge in [-0.2, -0.15) is 5.10 Å². The molecule has 2 aromatic rings. The standard InChI is InChI=1S/C20H28FN7/c1-13(2)28-10-15(14(3)27-28)16-9-17(22-4)18(23-5)19(26-16)25-12-20(21)7-6-8-24-11-20/h9-10,13,24H,4-8,11-12H2,1-3H3,(H,25,26). The number of aromatic nitrogens is 3. The Morgan fingerprint density at radius 1 is 1.39 bits per heavy atom. The van der Waals surface area contributed by atoms with Gasteiger partial charge in [-0.25, -0.2) is 9.37 Å². The number of aryl methyl sites for hydroxylation is 1. The zero-order valence-corrected chi connectivity index (χ0v) is 16.8. The first kappa shape index (κ1) is 20.1. The van der Waals surface area contributed by atoms with Crippen LogP contribution in [0.5, 0.6) is 0 Å². The fourth-order valence-electron chi connectivity index (χ4n) is 3.38. The van der Waals surface area contributed by atoms with Crippen molar-refractivity contribution in [3.63, 3.8) is 0 Å². The highest BCUT2D eigenvalue weighted by Gasteiger charge is 2.32. The molecule has 1 unspecified atom stereocenters. The van der Waals surface area contributed by atoms with E-state index in [9.17, 15) is 0 Å². The minimum atomic E-state index is -1.32. The van der Waals surface area contributed by atoms with Crippen LogP contribution in [0.1, 0.15) is 38.4 Å². The van der Waals surface area contributed by atoms with E-state index in [1.165, 1.54) is 0 Å². The molecule has 2 N–H and O–H groups in total. The quantitative estimate of drug-likeness (QED) is 0.706. The number of piperidine rings is 1. The molecule has 1 aliphatic heterocycles. The Morgan fingerprint density at radius 2 is 2.18 bits per heavy atom. The van der Waals surface area contributed by atoms with Crippen molar-refractivity contribution in [3.8, 4) is 11.3 Å². The highest BCUT2D eigenvalue weighted by molar-refractivity contribution is 5.82. The smallest absolute Gasteiger partial charge is 0.154 e. The molecule has 150 valence electrons. The number of aliphatic imine (C=N–C) groups is 2. The highest BCUT2D eigenvalue weighted by atomic mass is 19.1. The van der Waals surface area contributed by atoms with Crippen LogP contribution in [0, 0.1) is 6.92 Å². The van der Waals surface area contributed by atoms with Gasteiger partial charge < -0.3 is 10.6 Å². The molecule has 0 saturated carbocycles. The summed E-state index contributed by atoms with van der Waals surface area (Å²) in [5, 5.41) is 10.8. The molecule has 3 heterocycles. The maximum Gasteiger partial charge on any atom is 0.154 e. The molecular weight excluding hydrogens is 357 g/mol. The average molecular weight is 385 g/mol. The molecular formula is C20H28FN7. The summed E-state index contributed by atoms with van der Waals surface area (Å²) in [4.78, 5) is 12.8. The minimum absolute atomic E-state index is 0.139. The van der Waals surface area contributed by atoms with Gasteiger partial charge >= 0.3 is 0 Å². The van der Waals surface area contributed by atoms with Crippen LogP contribution < -0.4 is 10.6 Å². The third-order valence-electron chi connectivity index (χ3n) is 5.02. The van der Waals surface area contributed by atoms with Gasteiger partial charge in [0.15, 0.2) is 5.82 Å². The van der Waals surface area contributed by atoms with Crippen molar-refractivity contribution in [1.82, 2.24) is 20.1 Å². The molecule has 0 aromatic carbocycles. The second kappa shape index (κ2) is 8.18.